The van der Waals surface area contributed by atoms with Gasteiger partial charge in [0.05, 0.1) is 37.9 Å². The number of rotatable bonds is 5. The summed E-state index contributed by atoms with van der Waals surface area (Å²) in [6.07, 6.45) is 0. The van der Waals surface area contributed by atoms with Crippen LogP contribution in [0.15, 0.2) is 64.6 Å². The van der Waals surface area contributed by atoms with Crippen LogP contribution in [0.1, 0.15) is 17.2 Å². The summed E-state index contributed by atoms with van der Waals surface area (Å²) in [7, 11) is 0. The molecule has 2 aromatic rings. The van der Waals surface area contributed by atoms with Crippen LogP contribution in [-0.4, -0.2) is 61.1 Å². The molecule has 0 bridgehead atoms. The Morgan fingerprint density at radius 2 is 1.83 bits per heavy atom. The lowest BCUT2D eigenvalue weighted by Crippen LogP contribution is -3.14. The molecule has 0 saturated carbocycles. The summed E-state index contributed by atoms with van der Waals surface area (Å²) >= 11 is 3.48. The van der Waals surface area contributed by atoms with Crippen LogP contribution < -0.4 is 4.90 Å². The Labute approximate surface area is 183 Å². The number of nitrogens with one attached hydrogen (secondary N) is 1. The molecule has 2 heterocycles. The van der Waals surface area contributed by atoms with E-state index in [1.165, 1.54) is 4.90 Å². The van der Waals surface area contributed by atoms with E-state index in [2.05, 4.69) is 15.9 Å². The van der Waals surface area contributed by atoms with Crippen LogP contribution in [0.5, 0.6) is 0 Å². The smallest absolute Gasteiger partial charge is 0.295 e. The number of likely N-dealkylation sites (tertiary alicyclic amines) is 1. The van der Waals surface area contributed by atoms with Crippen molar-refractivity contribution in [2.45, 2.75) is 6.04 Å². The zero-order valence-electron chi connectivity index (χ0n) is 16.5. The molecule has 0 radical (unpaired) electrons. The maximum atomic E-state index is 13.0. The van der Waals surface area contributed by atoms with E-state index in [-0.39, 0.29) is 11.3 Å². The van der Waals surface area contributed by atoms with Gasteiger partial charge in [0.15, 0.2) is 0 Å². The Kier molecular flexibility index (Phi) is 6.32. The first-order valence-corrected chi connectivity index (χ1v) is 10.9. The lowest BCUT2D eigenvalue weighted by Gasteiger charge is -2.29. The maximum absolute atomic E-state index is 13.0. The van der Waals surface area contributed by atoms with Gasteiger partial charge in [0, 0.05) is 10.0 Å². The normalized spacial score (nSPS) is 21.9. The SMILES string of the molecule is O=C1C(=O)N(CC[NH+]2CCOCC2)[C@H](c2cccc(Br)c2)C1=C(O)c1ccccc1. The third-order valence-electron chi connectivity index (χ3n) is 5.66. The van der Waals surface area contributed by atoms with Gasteiger partial charge in [0.2, 0.25) is 0 Å². The van der Waals surface area contributed by atoms with Gasteiger partial charge in [-0.25, -0.2) is 0 Å². The third-order valence-corrected chi connectivity index (χ3v) is 6.15. The van der Waals surface area contributed by atoms with Crippen molar-refractivity contribution in [2.24, 2.45) is 0 Å². The second-order valence-electron chi connectivity index (χ2n) is 7.53. The van der Waals surface area contributed by atoms with Gasteiger partial charge in [-0.2, -0.15) is 0 Å². The van der Waals surface area contributed by atoms with Crippen molar-refractivity contribution in [3.63, 3.8) is 0 Å². The van der Waals surface area contributed by atoms with Crippen LogP contribution in [-0.2, 0) is 14.3 Å². The number of amides is 1. The highest BCUT2D eigenvalue weighted by molar-refractivity contribution is 9.10. The van der Waals surface area contributed by atoms with Crippen LogP contribution in [0.3, 0.4) is 0 Å². The number of Topliss-reactive ketones (excluding diaryl/α,β-unsaturated/α-hetero) is 1. The molecule has 156 valence electrons. The summed E-state index contributed by atoms with van der Waals surface area (Å²) in [6, 6.07) is 15.8. The fourth-order valence-corrected chi connectivity index (χ4v) is 4.49. The first-order chi connectivity index (χ1) is 14.6. The van der Waals surface area contributed by atoms with Gasteiger partial charge in [-0.15, -0.1) is 0 Å². The fraction of sp³-hybridized carbons (Fsp3) is 0.304. The molecule has 30 heavy (non-hydrogen) atoms. The van der Waals surface area contributed by atoms with Crippen LogP contribution >= 0.6 is 15.9 Å². The van der Waals surface area contributed by atoms with Crippen molar-refractivity contribution in [3.8, 4) is 0 Å². The van der Waals surface area contributed by atoms with E-state index in [0.29, 0.717) is 25.3 Å². The molecule has 7 heteroatoms. The molecule has 2 aliphatic rings. The number of hydrogen-bond acceptors (Lipinski definition) is 4. The predicted molar refractivity (Wildman–Crippen MR) is 116 cm³/mol. The van der Waals surface area contributed by atoms with Crippen LogP contribution in [0, 0.1) is 0 Å². The van der Waals surface area contributed by atoms with E-state index in [0.717, 1.165) is 29.7 Å². The van der Waals surface area contributed by atoms with Crippen LogP contribution in [0.25, 0.3) is 5.76 Å². The summed E-state index contributed by atoms with van der Waals surface area (Å²) in [5, 5.41) is 11.0. The molecule has 2 fully saturated rings. The summed E-state index contributed by atoms with van der Waals surface area (Å²) in [6.45, 7) is 4.34. The van der Waals surface area contributed by atoms with Gasteiger partial charge in [0.25, 0.3) is 11.7 Å². The minimum absolute atomic E-state index is 0.139. The molecule has 0 unspecified atom stereocenters. The van der Waals surface area contributed by atoms with Crippen molar-refractivity contribution in [2.75, 3.05) is 39.4 Å². The molecule has 0 aromatic heterocycles. The Morgan fingerprint density at radius 3 is 2.53 bits per heavy atom. The number of nitrogens with zero attached hydrogens (tertiary/aromatic N) is 1. The highest BCUT2D eigenvalue weighted by Gasteiger charge is 2.46. The summed E-state index contributed by atoms with van der Waals surface area (Å²) < 4.78 is 6.26. The number of quaternary nitrogens is 1. The molecule has 2 aromatic carbocycles. The number of halogens is 1. The van der Waals surface area contributed by atoms with Gasteiger partial charge in [-0.1, -0.05) is 58.4 Å². The number of aliphatic hydroxyl groups excluding tert-OH is 1. The van der Waals surface area contributed by atoms with Crippen LogP contribution in [0.2, 0.25) is 0 Å². The number of ether oxygens (including phenoxy) is 1. The molecular formula is C23H24BrN2O4+. The Hall–Kier alpha value is -2.48. The Balaban J connectivity index is 1.73. The molecule has 1 amide bonds. The summed E-state index contributed by atoms with van der Waals surface area (Å²) in [4.78, 5) is 28.9. The second-order valence-corrected chi connectivity index (χ2v) is 8.44. The highest BCUT2D eigenvalue weighted by atomic mass is 79.9. The third kappa shape index (κ3) is 4.19. The van der Waals surface area contributed by atoms with Gasteiger partial charge in [-0.05, 0) is 17.7 Å². The molecule has 0 spiro atoms. The van der Waals surface area contributed by atoms with Crippen molar-refractivity contribution >= 4 is 33.4 Å². The number of morpholine rings is 1. The molecule has 1 atom stereocenters. The minimum atomic E-state index is -0.640. The maximum Gasteiger partial charge on any atom is 0.295 e. The van der Waals surface area contributed by atoms with Gasteiger partial charge in [0.1, 0.15) is 18.8 Å². The average molecular weight is 472 g/mol. The summed E-state index contributed by atoms with van der Waals surface area (Å²) in [5.41, 5.74) is 1.45. The number of carbonyl (C=O) groups excluding carboxylic acids is 2. The van der Waals surface area contributed by atoms with E-state index in [1.807, 2.05) is 30.3 Å². The largest absolute Gasteiger partial charge is 0.507 e. The van der Waals surface area contributed by atoms with Crippen molar-refractivity contribution in [3.05, 3.63) is 75.8 Å². The molecule has 2 saturated heterocycles. The Bertz CT molecular complexity index is 970. The summed E-state index contributed by atoms with van der Waals surface area (Å²) in [5.74, 6) is -1.34. The first kappa shape index (κ1) is 20.8. The van der Waals surface area contributed by atoms with E-state index >= 15 is 0 Å². The highest BCUT2D eigenvalue weighted by Crippen LogP contribution is 2.39. The molecule has 0 aliphatic carbocycles. The lowest BCUT2D eigenvalue weighted by molar-refractivity contribution is -0.907. The van der Waals surface area contributed by atoms with Gasteiger partial charge >= 0.3 is 0 Å². The molecule has 2 N–H and O–H groups in total. The van der Waals surface area contributed by atoms with E-state index in [4.69, 9.17) is 4.74 Å². The lowest BCUT2D eigenvalue weighted by atomic mass is 9.95. The molecule has 6 nitrogen and oxygen atoms in total. The zero-order valence-corrected chi connectivity index (χ0v) is 18.1. The van der Waals surface area contributed by atoms with Crippen LogP contribution in [0.4, 0.5) is 0 Å². The first-order valence-electron chi connectivity index (χ1n) is 10.1. The minimum Gasteiger partial charge on any atom is -0.507 e. The monoisotopic (exact) mass is 471 g/mol. The average Bonchev–Trinajstić information content (AvgIpc) is 3.03. The predicted octanol–water partition coefficient (Wildman–Crippen LogP) is 1.79. The van der Waals surface area contributed by atoms with E-state index < -0.39 is 17.7 Å². The molecular weight excluding hydrogens is 448 g/mol. The van der Waals surface area contributed by atoms with Gasteiger partial charge < -0.3 is 19.6 Å². The number of benzene rings is 2. The zero-order chi connectivity index (χ0) is 21.1. The van der Waals surface area contributed by atoms with Crippen molar-refractivity contribution in [1.82, 2.24) is 4.90 Å². The number of aliphatic hydroxyl groups is 1. The Morgan fingerprint density at radius 1 is 1.10 bits per heavy atom. The van der Waals surface area contributed by atoms with Crippen molar-refractivity contribution in [1.29, 1.82) is 0 Å². The quantitative estimate of drug-likeness (QED) is 0.396. The van der Waals surface area contributed by atoms with Gasteiger partial charge in [-0.3, -0.25) is 9.59 Å². The second kappa shape index (κ2) is 9.12. The number of carbonyl (C=O) groups is 2. The van der Waals surface area contributed by atoms with Crippen molar-refractivity contribution < 1.29 is 24.3 Å². The molecule has 2 aliphatic heterocycles. The fourth-order valence-electron chi connectivity index (χ4n) is 4.07. The standard InChI is InChI=1S/C23H23BrN2O4/c24-18-8-4-7-17(15-18)20-19(21(27)16-5-2-1-3-6-16)22(28)23(29)26(20)10-9-25-11-13-30-14-12-25/h1-8,15,20,27H,9-14H2/p+1/t20-/m1/s1. The topological polar surface area (TPSA) is 71.3 Å². The number of hydrogen-bond donors (Lipinski definition) is 2. The van der Waals surface area contributed by atoms with E-state index in [1.54, 1.807) is 29.2 Å². The number of ketones is 1. The molecule has 4 rings (SSSR count). The van der Waals surface area contributed by atoms with E-state index in [9.17, 15) is 14.7 Å².